The van der Waals surface area contributed by atoms with Crippen molar-refractivity contribution in [3.8, 4) is 23.0 Å². The van der Waals surface area contributed by atoms with Gasteiger partial charge in [0.1, 0.15) is 17.6 Å². The Labute approximate surface area is 169 Å². The first-order valence-electron chi connectivity index (χ1n) is 9.15. The van der Waals surface area contributed by atoms with E-state index >= 15 is 0 Å². The number of methoxy groups -OCH3 is 3. The minimum Gasteiger partial charge on any atom is -0.508 e. The van der Waals surface area contributed by atoms with Crippen molar-refractivity contribution in [3.05, 3.63) is 47.5 Å². The number of benzene rings is 2. The minimum atomic E-state index is -0.606. The summed E-state index contributed by atoms with van der Waals surface area (Å²) in [6, 6.07) is 9.17. The third-order valence-electron chi connectivity index (χ3n) is 4.92. The van der Waals surface area contributed by atoms with Crippen LogP contribution in [-0.4, -0.2) is 68.2 Å². The van der Waals surface area contributed by atoms with E-state index in [1.165, 1.54) is 26.4 Å². The van der Waals surface area contributed by atoms with Crippen LogP contribution in [0.2, 0.25) is 0 Å². The van der Waals surface area contributed by atoms with Crippen LogP contribution in [0.15, 0.2) is 36.4 Å². The summed E-state index contributed by atoms with van der Waals surface area (Å²) in [6.07, 6.45) is -0.606. The second-order valence-electron chi connectivity index (χ2n) is 6.57. The van der Waals surface area contributed by atoms with Gasteiger partial charge in [0.15, 0.2) is 11.5 Å². The molecule has 0 spiro atoms. The molecule has 8 nitrogen and oxygen atoms in total. The average molecular weight is 403 g/mol. The van der Waals surface area contributed by atoms with Crippen molar-refractivity contribution >= 4 is 5.91 Å². The van der Waals surface area contributed by atoms with E-state index < -0.39 is 12.1 Å². The molecule has 2 atom stereocenters. The monoisotopic (exact) mass is 403 g/mol. The predicted molar refractivity (Wildman–Crippen MR) is 105 cm³/mol. The molecule has 0 radical (unpaired) electrons. The number of hydrogen-bond donors (Lipinski definition) is 2. The van der Waals surface area contributed by atoms with Gasteiger partial charge in [0.05, 0.1) is 40.6 Å². The highest BCUT2D eigenvalue weighted by Gasteiger charge is 2.37. The van der Waals surface area contributed by atoms with Crippen molar-refractivity contribution < 1.29 is 34.0 Å². The van der Waals surface area contributed by atoms with Crippen LogP contribution in [0, 0.1) is 0 Å². The zero-order valence-electron chi connectivity index (χ0n) is 16.6. The van der Waals surface area contributed by atoms with Crippen LogP contribution in [0.25, 0.3) is 0 Å². The van der Waals surface area contributed by atoms with Gasteiger partial charge in [0.25, 0.3) is 5.91 Å². The molecule has 0 bridgehead atoms. The molecule has 0 unspecified atom stereocenters. The van der Waals surface area contributed by atoms with Crippen LogP contribution >= 0.6 is 0 Å². The van der Waals surface area contributed by atoms with E-state index in [1.54, 1.807) is 30.2 Å². The number of nitrogens with zero attached hydrogens (tertiary/aromatic N) is 1. The molecule has 0 saturated carbocycles. The summed E-state index contributed by atoms with van der Waals surface area (Å²) in [5, 5.41) is 19.8. The number of amides is 1. The Morgan fingerprint density at radius 2 is 1.86 bits per heavy atom. The maximum absolute atomic E-state index is 13.3. The van der Waals surface area contributed by atoms with Crippen molar-refractivity contribution in [2.45, 2.75) is 12.1 Å². The molecule has 2 aromatic rings. The lowest BCUT2D eigenvalue weighted by Gasteiger charge is -2.41. The summed E-state index contributed by atoms with van der Waals surface area (Å²) >= 11 is 0. The molecule has 29 heavy (non-hydrogen) atoms. The molecule has 2 aromatic carbocycles. The van der Waals surface area contributed by atoms with Crippen LogP contribution < -0.4 is 14.2 Å². The summed E-state index contributed by atoms with van der Waals surface area (Å²) in [7, 11) is 4.54. The van der Waals surface area contributed by atoms with Gasteiger partial charge in [-0.05, 0) is 29.8 Å². The number of phenols is 1. The van der Waals surface area contributed by atoms with Gasteiger partial charge in [-0.1, -0.05) is 6.07 Å². The number of aliphatic hydroxyl groups excluding tert-OH is 1. The number of morpholine rings is 1. The SMILES string of the molecule is COc1cc(O)cc(C(=O)N2CCO[C@H](CO)[C@H]2c2ccc(OC)c(OC)c2)c1. The highest BCUT2D eigenvalue weighted by Crippen LogP contribution is 2.36. The minimum absolute atomic E-state index is 0.0673. The second-order valence-corrected chi connectivity index (χ2v) is 6.57. The Bertz CT molecular complexity index is 870. The molecule has 8 heteroatoms. The fraction of sp³-hybridized carbons (Fsp3) is 0.381. The van der Waals surface area contributed by atoms with Gasteiger partial charge in [0.2, 0.25) is 0 Å². The first-order chi connectivity index (χ1) is 14.0. The molecule has 1 aliphatic rings. The molecule has 1 heterocycles. The van der Waals surface area contributed by atoms with Gasteiger partial charge in [-0.3, -0.25) is 4.79 Å². The Morgan fingerprint density at radius 1 is 1.10 bits per heavy atom. The quantitative estimate of drug-likeness (QED) is 0.761. The van der Waals surface area contributed by atoms with E-state index in [9.17, 15) is 15.0 Å². The molecular weight excluding hydrogens is 378 g/mol. The number of ether oxygens (including phenoxy) is 4. The summed E-state index contributed by atoms with van der Waals surface area (Å²) in [4.78, 5) is 14.9. The van der Waals surface area contributed by atoms with E-state index in [0.29, 0.717) is 23.8 Å². The summed E-state index contributed by atoms with van der Waals surface area (Å²) in [6.45, 7) is 0.356. The largest absolute Gasteiger partial charge is 0.508 e. The molecule has 0 aliphatic carbocycles. The maximum Gasteiger partial charge on any atom is 0.254 e. The van der Waals surface area contributed by atoms with E-state index in [0.717, 1.165) is 5.56 Å². The Balaban J connectivity index is 2.02. The highest BCUT2D eigenvalue weighted by molar-refractivity contribution is 5.95. The zero-order chi connectivity index (χ0) is 21.0. The van der Waals surface area contributed by atoms with Crippen LogP contribution in [0.1, 0.15) is 22.0 Å². The smallest absolute Gasteiger partial charge is 0.254 e. The number of phenolic OH excluding ortho intramolecular Hbond substituents is 1. The van der Waals surface area contributed by atoms with Crippen molar-refractivity contribution in [2.24, 2.45) is 0 Å². The second kappa shape index (κ2) is 9.02. The van der Waals surface area contributed by atoms with Crippen molar-refractivity contribution in [1.82, 2.24) is 4.90 Å². The molecule has 1 aliphatic heterocycles. The highest BCUT2D eigenvalue weighted by atomic mass is 16.5. The number of carbonyl (C=O) groups is 1. The lowest BCUT2D eigenvalue weighted by Crippen LogP contribution is -2.49. The first-order valence-corrected chi connectivity index (χ1v) is 9.15. The number of aliphatic hydroxyl groups is 1. The molecule has 156 valence electrons. The fourth-order valence-electron chi connectivity index (χ4n) is 3.54. The van der Waals surface area contributed by atoms with Crippen LogP contribution in [0.4, 0.5) is 0 Å². The van der Waals surface area contributed by atoms with E-state index in [4.69, 9.17) is 18.9 Å². The van der Waals surface area contributed by atoms with Gasteiger partial charge >= 0.3 is 0 Å². The number of rotatable bonds is 6. The van der Waals surface area contributed by atoms with E-state index in [1.807, 2.05) is 6.07 Å². The van der Waals surface area contributed by atoms with Gasteiger partial charge in [0, 0.05) is 18.2 Å². The fourth-order valence-corrected chi connectivity index (χ4v) is 3.54. The lowest BCUT2D eigenvalue weighted by atomic mass is 9.96. The Kier molecular flexibility index (Phi) is 6.46. The van der Waals surface area contributed by atoms with Crippen LogP contribution in [0.5, 0.6) is 23.0 Å². The number of carbonyl (C=O) groups excluding carboxylic acids is 1. The third kappa shape index (κ3) is 4.23. The molecule has 0 aromatic heterocycles. The standard InChI is InChI=1S/C21H25NO7/c1-26-16-9-14(8-15(24)11-16)21(25)22-6-7-29-19(12-23)20(22)13-4-5-17(27-2)18(10-13)28-3/h4-5,8-11,19-20,23-24H,6-7,12H2,1-3H3/t19-,20-/m1/s1. The van der Waals surface area contributed by atoms with Gasteiger partial charge in [-0.2, -0.15) is 0 Å². The topological polar surface area (TPSA) is 97.7 Å². The summed E-state index contributed by atoms with van der Waals surface area (Å²) in [5.74, 6) is 1.08. The number of hydrogen-bond acceptors (Lipinski definition) is 7. The zero-order valence-corrected chi connectivity index (χ0v) is 16.6. The van der Waals surface area contributed by atoms with E-state index in [2.05, 4.69) is 0 Å². The molecule has 2 N–H and O–H groups in total. The van der Waals surface area contributed by atoms with Crippen molar-refractivity contribution in [3.63, 3.8) is 0 Å². The molecule has 1 amide bonds. The van der Waals surface area contributed by atoms with Gasteiger partial charge in [-0.25, -0.2) is 0 Å². The predicted octanol–water partition coefficient (Wildman–Crippen LogP) is 1.99. The normalized spacial score (nSPS) is 19.0. The number of aromatic hydroxyl groups is 1. The van der Waals surface area contributed by atoms with Gasteiger partial charge in [-0.15, -0.1) is 0 Å². The van der Waals surface area contributed by atoms with Crippen LogP contribution in [0.3, 0.4) is 0 Å². The summed E-state index contributed by atoms with van der Waals surface area (Å²) < 4.78 is 21.5. The third-order valence-corrected chi connectivity index (χ3v) is 4.92. The Hall–Kier alpha value is -2.97. The first kappa shape index (κ1) is 20.8. The average Bonchev–Trinajstić information content (AvgIpc) is 2.76. The molecular formula is C21H25NO7. The van der Waals surface area contributed by atoms with Crippen LogP contribution in [-0.2, 0) is 4.74 Å². The maximum atomic E-state index is 13.3. The molecule has 1 fully saturated rings. The Morgan fingerprint density at radius 3 is 2.52 bits per heavy atom. The summed E-state index contributed by atoms with van der Waals surface area (Å²) in [5.41, 5.74) is 1.02. The van der Waals surface area contributed by atoms with Crippen molar-refractivity contribution in [2.75, 3.05) is 41.1 Å². The molecule has 3 rings (SSSR count). The van der Waals surface area contributed by atoms with Gasteiger partial charge < -0.3 is 34.1 Å². The van der Waals surface area contributed by atoms with E-state index in [-0.39, 0.29) is 30.4 Å². The molecule has 1 saturated heterocycles. The van der Waals surface area contributed by atoms with Crippen molar-refractivity contribution in [1.29, 1.82) is 0 Å². The lowest BCUT2D eigenvalue weighted by molar-refractivity contribution is -0.0811.